The van der Waals surface area contributed by atoms with Gasteiger partial charge in [-0.05, 0) is 68.3 Å². The van der Waals surface area contributed by atoms with E-state index in [1.54, 1.807) is 11.0 Å². The Morgan fingerprint density at radius 2 is 1.70 bits per heavy atom. The highest BCUT2D eigenvalue weighted by Gasteiger charge is 2.25. The molecule has 0 atom stereocenters. The van der Waals surface area contributed by atoms with E-state index in [4.69, 9.17) is 4.74 Å². The minimum atomic E-state index is -0.314. The average Bonchev–Trinajstić information content (AvgIpc) is 3.42. The fourth-order valence-corrected chi connectivity index (χ4v) is 4.20. The van der Waals surface area contributed by atoms with E-state index < -0.39 is 0 Å². The standard InChI is InChI=1S/C25H29N5O3/c1-28(14-11-19-3-5-21(6-4-19)25(32)33-2)22-12-15-29(16-13-22)24(31)20-7-9-23(10-8-20)30-18-26-17-27-30/h3-10,17-18,22H,11-16H2,1-2H3. The summed E-state index contributed by atoms with van der Waals surface area (Å²) in [5.74, 6) is -0.238. The molecule has 33 heavy (non-hydrogen) atoms. The lowest BCUT2D eigenvalue weighted by Crippen LogP contribution is -2.46. The van der Waals surface area contributed by atoms with Gasteiger partial charge >= 0.3 is 5.97 Å². The van der Waals surface area contributed by atoms with Gasteiger partial charge in [0.1, 0.15) is 12.7 Å². The van der Waals surface area contributed by atoms with E-state index in [1.165, 1.54) is 19.0 Å². The number of hydrogen-bond donors (Lipinski definition) is 0. The number of carbonyl (C=O) groups is 2. The van der Waals surface area contributed by atoms with Gasteiger partial charge in [0.15, 0.2) is 0 Å². The Kier molecular flexibility index (Phi) is 7.14. The van der Waals surface area contributed by atoms with E-state index in [-0.39, 0.29) is 11.9 Å². The number of piperidine rings is 1. The van der Waals surface area contributed by atoms with Crippen LogP contribution in [-0.2, 0) is 11.2 Å². The minimum absolute atomic E-state index is 0.0759. The summed E-state index contributed by atoms with van der Waals surface area (Å²) in [4.78, 5) is 32.8. The van der Waals surface area contributed by atoms with Gasteiger partial charge in [-0.1, -0.05) is 12.1 Å². The first-order valence-corrected chi connectivity index (χ1v) is 11.2. The van der Waals surface area contributed by atoms with Crippen LogP contribution in [-0.4, -0.2) is 76.3 Å². The van der Waals surface area contributed by atoms with Crippen molar-refractivity contribution in [1.29, 1.82) is 0 Å². The first-order chi connectivity index (χ1) is 16.0. The van der Waals surface area contributed by atoms with Crippen LogP contribution in [0.5, 0.6) is 0 Å². The number of rotatable bonds is 7. The quantitative estimate of drug-likeness (QED) is 0.518. The number of carbonyl (C=O) groups excluding carboxylic acids is 2. The van der Waals surface area contributed by atoms with Crippen molar-refractivity contribution in [2.45, 2.75) is 25.3 Å². The summed E-state index contributed by atoms with van der Waals surface area (Å²) in [6, 6.07) is 15.5. The van der Waals surface area contributed by atoms with E-state index in [0.717, 1.165) is 44.6 Å². The molecule has 1 aromatic heterocycles. The van der Waals surface area contributed by atoms with Crippen molar-refractivity contribution in [3.05, 3.63) is 77.9 Å². The van der Waals surface area contributed by atoms with E-state index in [9.17, 15) is 9.59 Å². The third-order valence-electron chi connectivity index (χ3n) is 6.30. The second kappa shape index (κ2) is 10.4. The molecule has 1 fully saturated rings. The average molecular weight is 448 g/mol. The van der Waals surface area contributed by atoms with Gasteiger partial charge < -0.3 is 14.5 Å². The van der Waals surface area contributed by atoms with Crippen LogP contribution in [0.2, 0.25) is 0 Å². The number of hydrogen-bond acceptors (Lipinski definition) is 6. The molecule has 0 spiro atoms. The van der Waals surface area contributed by atoms with Crippen molar-refractivity contribution in [1.82, 2.24) is 24.6 Å². The Hall–Kier alpha value is -3.52. The number of ether oxygens (including phenoxy) is 1. The molecule has 0 N–H and O–H groups in total. The number of methoxy groups -OCH3 is 1. The third kappa shape index (κ3) is 5.46. The smallest absolute Gasteiger partial charge is 0.337 e. The van der Waals surface area contributed by atoms with Gasteiger partial charge in [-0.15, -0.1) is 0 Å². The van der Waals surface area contributed by atoms with Crippen LogP contribution in [0.15, 0.2) is 61.2 Å². The maximum Gasteiger partial charge on any atom is 0.337 e. The van der Waals surface area contributed by atoms with Crippen LogP contribution in [0.4, 0.5) is 0 Å². The molecule has 2 heterocycles. The lowest BCUT2D eigenvalue weighted by molar-refractivity contribution is 0.0599. The lowest BCUT2D eigenvalue weighted by Gasteiger charge is -2.37. The maximum absolute atomic E-state index is 12.9. The van der Waals surface area contributed by atoms with E-state index in [2.05, 4.69) is 22.0 Å². The summed E-state index contributed by atoms with van der Waals surface area (Å²) in [5.41, 5.74) is 3.33. The van der Waals surface area contributed by atoms with Gasteiger partial charge in [0.05, 0.1) is 18.4 Å². The number of aromatic nitrogens is 3. The first kappa shape index (κ1) is 22.7. The zero-order valence-electron chi connectivity index (χ0n) is 19.1. The van der Waals surface area contributed by atoms with Crippen molar-refractivity contribution in [3.63, 3.8) is 0 Å². The highest BCUT2D eigenvalue weighted by molar-refractivity contribution is 5.94. The SMILES string of the molecule is COC(=O)c1ccc(CCN(C)C2CCN(C(=O)c3ccc(-n4cncn4)cc3)CC2)cc1. The summed E-state index contributed by atoms with van der Waals surface area (Å²) >= 11 is 0. The van der Waals surface area contributed by atoms with Crippen LogP contribution < -0.4 is 0 Å². The van der Waals surface area contributed by atoms with Crippen LogP contribution in [0.25, 0.3) is 5.69 Å². The molecule has 1 aliphatic heterocycles. The van der Waals surface area contributed by atoms with Crippen molar-refractivity contribution >= 4 is 11.9 Å². The minimum Gasteiger partial charge on any atom is -0.465 e. The molecule has 1 aliphatic rings. The van der Waals surface area contributed by atoms with E-state index in [1.807, 2.05) is 53.4 Å². The van der Waals surface area contributed by atoms with Gasteiger partial charge in [0, 0.05) is 31.2 Å². The molecule has 2 aromatic carbocycles. The zero-order chi connectivity index (χ0) is 23.2. The Labute approximate surface area is 193 Å². The number of likely N-dealkylation sites (N-methyl/N-ethyl adjacent to an activating group) is 1. The molecule has 0 unspecified atom stereocenters. The predicted octanol–water partition coefficient (Wildman–Crippen LogP) is 2.83. The fourth-order valence-electron chi connectivity index (χ4n) is 4.20. The monoisotopic (exact) mass is 447 g/mol. The van der Waals surface area contributed by atoms with Crippen molar-refractivity contribution in [3.8, 4) is 5.69 Å². The Bertz CT molecular complexity index is 1060. The summed E-state index contributed by atoms with van der Waals surface area (Å²) in [5, 5.41) is 4.11. The van der Waals surface area contributed by atoms with Crippen LogP contribution in [0, 0.1) is 0 Å². The second-order valence-corrected chi connectivity index (χ2v) is 8.33. The number of benzene rings is 2. The molecule has 3 aromatic rings. The molecule has 4 rings (SSSR count). The Morgan fingerprint density at radius 1 is 1.03 bits per heavy atom. The first-order valence-electron chi connectivity index (χ1n) is 11.2. The molecular formula is C25H29N5O3. The maximum atomic E-state index is 12.9. The topological polar surface area (TPSA) is 80.6 Å². The van der Waals surface area contributed by atoms with Crippen LogP contribution in [0.3, 0.4) is 0 Å². The van der Waals surface area contributed by atoms with E-state index in [0.29, 0.717) is 17.2 Å². The van der Waals surface area contributed by atoms with Crippen LogP contribution in [0.1, 0.15) is 39.1 Å². The number of nitrogens with zero attached hydrogens (tertiary/aromatic N) is 5. The number of amides is 1. The number of esters is 1. The lowest BCUT2D eigenvalue weighted by atomic mass is 10.0. The normalized spacial score (nSPS) is 14.5. The Balaban J connectivity index is 1.25. The number of likely N-dealkylation sites (tertiary alicyclic amines) is 1. The zero-order valence-corrected chi connectivity index (χ0v) is 19.1. The third-order valence-corrected chi connectivity index (χ3v) is 6.30. The molecular weight excluding hydrogens is 418 g/mol. The molecule has 8 heteroatoms. The highest BCUT2D eigenvalue weighted by Crippen LogP contribution is 2.19. The molecule has 0 aliphatic carbocycles. The van der Waals surface area contributed by atoms with Gasteiger partial charge in [-0.25, -0.2) is 14.5 Å². The molecule has 8 nitrogen and oxygen atoms in total. The second-order valence-electron chi connectivity index (χ2n) is 8.33. The largest absolute Gasteiger partial charge is 0.465 e. The summed E-state index contributed by atoms with van der Waals surface area (Å²) in [7, 11) is 3.54. The summed E-state index contributed by atoms with van der Waals surface area (Å²) in [6.07, 6.45) is 5.95. The molecule has 0 bridgehead atoms. The Morgan fingerprint density at radius 3 is 2.30 bits per heavy atom. The molecule has 1 amide bonds. The summed E-state index contributed by atoms with van der Waals surface area (Å²) in [6.45, 7) is 2.44. The van der Waals surface area contributed by atoms with Gasteiger partial charge in [0.25, 0.3) is 5.91 Å². The van der Waals surface area contributed by atoms with Gasteiger partial charge in [-0.3, -0.25) is 4.79 Å². The van der Waals surface area contributed by atoms with Crippen molar-refractivity contribution in [2.24, 2.45) is 0 Å². The highest BCUT2D eigenvalue weighted by atomic mass is 16.5. The summed E-state index contributed by atoms with van der Waals surface area (Å²) < 4.78 is 6.42. The van der Waals surface area contributed by atoms with Crippen molar-refractivity contribution in [2.75, 3.05) is 33.8 Å². The fraction of sp³-hybridized carbons (Fsp3) is 0.360. The van der Waals surface area contributed by atoms with Gasteiger partial charge in [0.2, 0.25) is 0 Å². The van der Waals surface area contributed by atoms with Gasteiger partial charge in [-0.2, -0.15) is 5.10 Å². The molecule has 0 saturated carbocycles. The predicted molar refractivity (Wildman–Crippen MR) is 124 cm³/mol. The van der Waals surface area contributed by atoms with Crippen molar-refractivity contribution < 1.29 is 14.3 Å². The van der Waals surface area contributed by atoms with Crippen LogP contribution >= 0.6 is 0 Å². The molecule has 172 valence electrons. The van der Waals surface area contributed by atoms with E-state index >= 15 is 0 Å². The molecule has 0 radical (unpaired) electrons. The molecule has 1 saturated heterocycles.